The molecule has 2 aromatic rings. The van der Waals surface area contributed by atoms with Gasteiger partial charge >= 0.3 is 5.97 Å². The number of carbonyl (C=O) groups excluding carboxylic acids is 1. The summed E-state index contributed by atoms with van der Waals surface area (Å²) in [6.07, 6.45) is 5.45. The molecule has 1 aromatic carbocycles. The van der Waals surface area contributed by atoms with Gasteiger partial charge in [0.15, 0.2) is 0 Å². The van der Waals surface area contributed by atoms with E-state index in [0.29, 0.717) is 18.9 Å². The Labute approximate surface area is 154 Å². The highest BCUT2D eigenvalue weighted by Crippen LogP contribution is 2.35. The van der Waals surface area contributed by atoms with Crippen molar-refractivity contribution in [1.82, 2.24) is 9.97 Å². The van der Waals surface area contributed by atoms with E-state index in [4.69, 9.17) is 14.7 Å². The minimum absolute atomic E-state index is 0.178. The lowest BCUT2D eigenvalue weighted by molar-refractivity contribution is -0.140. The molecule has 2 heterocycles. The first kappa shape index (κ1) is 17.0. The molecule has 26 heavy (non-hydrogen) atoms. The predicted octanol–water partition coefficient (Wildman–Crippen LogP) is 3.34. The van der Waals surface area contributed by atoms with Gasteiger partial charge in [-0.15, -0.1) is 0 Å². The van der Waals surface area contributed by atoms with Crippen molar-refractivity contribution < 1.29 is 9.53 Å². The SMILES string of the molecule is COC(=O)CCc1ccccc1-c1nc(N2CCC2C)nc2c1CCC2. The third-order valence-corrected chi connectivity index (χ3v) is 5.60. The maximum absolute atomic E-state index is 11.6. The number of hydrogen-bond acceptors (Lipinski definition) is 5. The molecular weight excluding hydrogens is 326 g/mol. The summed E-state index contributed by atoms with van der Waals surface area (Å²) in [6, 6.07) is 8.80. The summed E-state index contributed by atoms with van der Waals surface area (Å²) >= 11 is 0. The van der Waals surface area contributed by atoms with Crippen molar-refractivity contribution >= 4 is 11.9 Å². The third-order valence-electron chi connectivity index (χ3n) is 5.60. The van der Waals surface area contributed by atoms with E-state index < -0.39 is 0 Å². The van der Waals surface area contributed by atoms with Crippen LogP contribution in [-0.4, -0.2) is 35.6 Å². The van der Waals surface area contributed by atoms with Crippen molar-refractivity contribution in [2.24, 2.45) is 0 Å². The average molecular weight is 351 g/mol. The van der Waals surface area contributed by atoms with Gasteiger partial charge in [-0.05, 0) is 44.6 Å². The highest BCUT2D eigenvalue weighted by Gasteiger charge is 2.29. The number of aryl methyl sites for hydroxylation is 2. The molecule has 4 rings (SSSR count). The highest BCUT2D eigenvalue weighted by atomic mass is 16.5. The monoisotopic (exact) mass is 351 g/mol. The zero-order chi connectivity index (χ0) is 18.1. The van der Waals surface area contributed by atoms with Crippen LogP contribution in [0, 0.1) is 0 Å². The molecule has 0 radical (unpaired) electrons. The number of nitrogens with zero attached hydrogens (tertiary/aromatic N) is 3. The van der Waals surface area contributed by atoms with Gasteiger partial charge in [0, 0.05) is 35.8 Å². The molecule has 1 aliphatic carbocycles. The van der Waals surface area contributed by atoms with Crippen LogP contribution in [0.25, 0.3) is 11.3 Å². The zero-order valence-electron chi connectivity index (χ0n) is 15.5. The molecule has 1 fully saturated rings. The lowest BCUT2D eigenvalue weighted by Crippen LogP contribution is -2.46. The molecule has 2 aliphatic rings. The zero-order valence-corrected chi connectivity index (χ0v) is 15.5. The van der Waals surface area contributed by atoms with Gasteiger partial charge in [-0.3, -0.25) is 4.79 Å². The van der Waals surface area contributed by atoms with Gasteiger partial charge in [0.1, 0.15) is 0 Å². The second-order valence-electron chi connectivity index (χ2n) is 7.22. The topological polar surface area (TPSA) is 55.3 Å². The van der Waals surface area contributed by atoms with Crippen molar-refractivity contribution in [3.63, 3.8) is 0 Å². The standard InChI is InChI=1S/C21H25N3O2/c1-14-12-13-24(14)21-22-18-9-5-8-17(18)20(23-21)16-7-4-3-6-15(16)10-11-19(25)26-2/h3-4,6-7,14H,5,8-13H2,1-2H3. The Bertz CT molecular complexity index is 834. The van der Waals surface area contributed by atoms with Gasteiger partial charge in [-0.2, -0.15) is 0 Å². The summed E-state index contributed by atoms with van der Waals surface area (Å²) in [6.45, 7) is 3.26. The van der Waals surface area contributed by atoms with E-state index >= 15 is 0 Å². The first-order chi connectivity index (χ1) is 12.7. The molecule has 1 aromatic heterocycles. The lowest BCUT2D eigenvalue weighted by atomic mass is 9.97. The highest BCUT2D eigenvalue weighted by molar-refractivity contribution is 5.73. The molecular formula is C21H25N3O2. The molecule has 0 bridgehead atoms. The maximum Gasteiger partial charge on any atom is 0.305 e. The first-order valence-electron chi connectivity index (χ1n) is 9.49. The van der Waals surface area contributed by atoms with E-state index in [1.54, 1.807) is 0 Å². The van der Waals surface area contributed by atoms with Gasteiger partial charge in [0.25, 0.3) is 0 Å². The van der Waals surface area contributed by atoms with Crippen LogP contribution in [0.4, 0.5) is 5.95 Å². The van der Waals surface area contributed by atoms with Crippen molar-refractivity contribution in [3.05, 3.63) is 41.1 Å². The van der Waals surface area contributed by atoms with E-state index in [0.717, 1.165) is 48.6 Å². The molecule has 0 N–H and O–H groups in total. The number of benzene rings is 1. The lowest BCUT2D eigenvalue weighted by Gasteiger charge is -2.39. The first-order valence-corrected chi connectivity index (χ1v) is 9.49. The fraction of sp³-hybridized carbons (Fsp3) is 0.476. The Kier molecular flexibility index (Phi) is 4.62. The summed E-state index contributed by atoms with van der Waals surface area (Å²) in [4.78, 5) is 23.7. The van der Waals surface area contributed by atoms with Crippen LogP contribution >= 0.6 is 0 Å². The largest absolute Gasteiger partial charge is 0.469 e. The van der Waals surface area contributed by atoms with E-state index in [1.807, 2.05) is 12.1 Å². The number of aromatic nitrogens is 2. The van der Waals surface area contributed by atoms with E-state index in [2.05, 4.69) is 24.0 Å². The van der Waals surface area contributed by atoms with E-state index in [1.165, 1.54) is 24.8 Å². The van der Waals surface area contributed by atoms with Crippen LogP contribution in [0.5, 0.6) is 0 Å². The Morgan fingerprint density at radius 3 is 2.85 bits per heavy atom. The quantitative estimate of drug-likeness (QED) is 0.774. The van der Waals surface area contributed by atoms with Crippen LogP contribution in [-0.2, 0) is 28.8 Å². The summed E-state index contributed by atoms with van der Waals surface area (Å²) in [7, 11) is 1.44. The summed E-state index contributed by atoms with van der Waals surface area (Å²) < 4.78 is 4.80. The van der Waals surface area contributed by atoms with Crippen molar-refractivity contribution in [2.45, 2.75) is 51.5 Å². The average Bonchev–Trinajstić information content (AvgIpc) is 3.13. The maximum atomic E-state index is 11.6. The van der Waals surface area contributed by atoms with Crippen LogP contribution in [0.3, 0.4) is 0 Å². The minimum Gasteiger partial charge on any atom is -0.469 e. The van der Waals surface area contributed by atoms with Crippen molar-refractivity contribution in [1.29, 1.82) is 0 Å². The molecule has 0 saturated carbocycles. The fourth-order valence-corrected chi connectivity index (χ4v) is 3.89. The van der Waals surface area contributed by atoms with Gasteiger partial charge in [-0.1, -0.05) is 24.3 Å². The molecule has 0 spiro atoms. The van der Waals surface area contributed by atoms with Gasteiger partial charge < -0.3 is 9.64 Å². The Hall–Kier alpha value is -2.43. The fourth-order valence-electron chi connectivity index (χ4n) is 3.89. The van der Waals surface area contributed by atoms with Gasteiger partial charge in [0.2, 0.25) is 5.95 Å². The normalized spacial score (nSPS) is 18.4. The van der Waals surface area contributed by atoms with Gasteiger partial charge in [0.05, 0.1) is 12.8 Å². The van der Waals surface area contributed by atoms with E-state index in [-0.39, 0.29) is 5.97 Å². The number of methoxy groups -OCH3 is 1. The number of carbonyl (C=O) groups is 1. The van der Waals surface area contributed by atoms with Crippen LogP contribution in [0.15, 0.2) is 24.3 Å². The van der Waals surface area contributed by atoms with Crippen LogP contribution in [0.1, 0.15) is 43.0 Å². The number of anilines is 1. The number of ether oxygens (including phenoxy) is 1. The number of esters is 1. The van der Waals surface area contributed by atoms with Gasteiger partial charge in [-0.25, -0.2) is 9.97 Å². The van der Waals surface area contributed by atoms with Crippen LogP contribution < -0.4 is 4.90 Å². The minimum atomic E-state index is -0.178. The van der Waals surface area contributed by atoms with Crippen molar-refractivity contribution in [2.75, 3.05) is 18.6 Å². The molecule has 1 saturated heterocycles. The molecule has 5 heteroatoms. The number of rotatable bonds is 5. The molecule has 0 amide bonds. The molecule has 1 unspecified atom stereocenters. The molecule has 5 nitrogen and oxygen atoms in total. The second kappa shape index (κ2) is 7.06. The molecule has 136 valence electrons. The van der Waals surface area contributed by atoms with Crippen LogP contribution in [0.2, 0.25) is 0 Å². The summed E-state index contributed by atoms with van der Waals surface area (Å²) in [5.41, 5.74) is 5.82. The van der Waals surface area contributed by atoms with Crippen molar-refractivity contribution in [3.8, 4) is 11.3 Å². The second-order valence-corrected chi connectivity index (χ2v) is 7.22. The Morgan fingerprint density at radius 2 is 2.12 bits per heavy atom. The Balaban J connectivity index is 1.74. The smallest absolute Gasteiger partial charge is 0.305 e. The summed E-state index contributed by atoms with van der Waals surface area (Å²) in [5, 5.41) is 0. The number of fused-ring (bicyclic) bond motifs is 1. The predicted molar refractivity (Wildman–Crippen MR) is 101 cm³/mol. The van der Waals surface area contributed by atoms with E-state index in [9.17, 15) is 4.79 Å². The molecule has 1 atom stereocenters. The Morgan fingerprint density at radius 1 is 1.27 bits per heavy atom. The summed E-state index contributed by atoms with van der Waals surface area (Å²) in [5.74, 6) is 0.685. The molecule has 1 aliphatic heterocycles. The number of hydrogen-bond donors (Lipinski definition) is 0. The third kappa shape index (κ3) is 3.06.